The Hall–Kier alpha value is -1.55. The molecule has 0 aliphatic rings. The van der Waals surface area contributed by atoms with E-state index in [9.17, 15) is 4.79 Å². The Morgan fingerprint density at radius 2 is 2.39 bits per heavy atom. The molecule has 2 aromatic rings. The minimum Gasteiger partial charge on any atom is -0.350 e. The summed E-state index contributed by atoms with van der Waals surface area (Å²) in [7, 11) is 0. The summed E-state index contributed by atoms with van der Waals surface area (Å²) >= 11 is 6.07. The molecule has 0 saturated carbocycles. The summed E-state index contributed by atoms with van der Waals surface area (Å²) in [6.45, 7) is 2.56. The van der Waals surface area contributed by atoms with Gasteiger partial charge in [-0.25, -0.2) is 4.52 Å². The first kappa shape index (κ1) is 12.9. The van der Waals surface area contributed by atoms with E-state index in [0.717, 1.165) is 18.4 Å². The first-order valence-electron chi connectivity index (χ1n) is 6.07. The lowest BCUT2D eigenvalue weighted by Gasteiger charge is -2.08. The van der Waals surface area contributed by atoms with Crippen molar-refractivity contribution in [1.29, 1.82) is 0 Å². The van der Waals surface area contributed by atoms with E-state index in [4.69, 9.17) is 11.6 Å². The van der Waals surface area contributed by atoms with Crippen LogP contribution in [0.3, 0.4) is 0 Å². The molecular weight excluding hydrogens is 250 g/mol. The Morgan fingerprint density at radius 3 is 3.17 bits per heavy atom. The van der Waals surface area contributed by atoms with Gasteiger partial charge in [-0.2, -0.15) is 5.10 Å². The van der Waals surface area contributed by atoms with E-state index in [-0.39, 0.29) is 11.3 Å². The first-order chi connectivity index (χ1) is 8.72. The van der Waals surface area contributed by atoms with Gasteiger partial charge in [0.05, 0.1) is 22.7 Å². The van der Waals surface area contributed by atoms with Gasteiger partial charge in [0.2, 0.25) is 0 Å². The molecule has 96 valence electrons. The molecule has 2 heterocycles. The Kier molecular flexibility index (Phi) is 4.20. The number of halogens is 1. The summed E-state index contributed by atoms with van der Waals surface area (Å²) in [4.78, 5) is 12.0. The number of amides is 1. The minimum absolute atomic E-state index is 0.0132. The van der Waals surface area contributed by atoms with Crippen molar-refractivity contribution in [2.24, 2.45) is 0 Å². The quantitative estimate of drug-likeness (QED) is 0.845. The zero-order valence-electron chi connectivity index (χ0n) is 10.3. The number of hydrogen-bond acceptors (Lipinski definition) is 2. The van der Waals surface area contributed by atoms with E-state index in [2.05, 4.69) is 17.3 Å². The van der Waals surface area contributed by atoms with Crippen LogP contribution in [0.5, 0.6) is 0 Å². The largest absolute Gasteiger partial charge is 0.350 e. The fourth-order valence-electron chi connectivity index (χ4n) is 1.82. The molecule has 0 aromatic carbocycles. The van der Waals surface area contributed by atoms with Crippen molar-refractivity contribution in [3.05, 3.63) is 36.2 Å². The summed E-state index contributed by atoms with van der Waals surface area (Å²) in [5.74, 6) is -0.127. The van der Waals surface area contributed by atoms with Crippen LogP contribution in [-0.4, -0.2) is 27.4 Å². The molecule has 1 atom stereocenters. The number of nitrogens with one attached hydrogen (secondary N) is 1. The Bertz CT molecular complexity index is 538. The minimum atomic E-state index is -0.127. The van der Waals surface area contributed by atoms with Crippen molar-refractivity contribution in [2.45, 2.75) is 25.1 Å². The predicted octanol–water partition coefficient (Wildman–Crippen LogP) is 2.47. The first-order valence-corrected chi connectivity index (χ1v) is 6.50. The molecule has 5 heteroatoms. The van der Waals surface area contributed by atoms with Crippen LogP contribution in [0.2, 0.25) is 0 Å². The zero-order chi connectivity index (χ0) is 13.0. The van der Waals surface area contributed by atoms with Gasteiger partial charge in [-0.1, -0.05) is 19.4 Å². The Labute approximate surface area is 111 Å². The van der Waals surface area contributed by atoms with Crippen LogP contribution in [0.4, 0.5) is 0 Å². The van der Waals surface area contributed by atoms with Crippen molar-refractivity contribution in [2.75, 3.05) is 6.54 Å². The molecule has 0 fully saturated rings. The van der Waals surface area contributed by atoms with Gasteiger partial charge in [-0.15, -0.1) is 11.6 Å². The molecule has 2 aromatic heterocycles. The Balaban J connectivity index is 2.05. The number of hydrogen-bond donors (Lipinski definition) is 1. The highest BCUT2D eigenvalue weighted by Gasteiger charge is 2.13. The second-order valence-electron chi connectivity index (χ2n) is 4.18. The van der Waals surface area contributed by atoms with Gasteiger partial charge in [-0.3, -0.25) is 4.79 Å². The highest BCUT2D eigenvalue weighted by Crippen LogP contribution is 2.10. The summed E-state index contributed by atoms with van der Waals surface area (Å²) in [5.41, 5.74) is 1.38. The van der Waals surface area contributed by atoms with E-state index in [1.165, 1.54) is 0 Å². The van der Waals surface area contributed by atoms with Crippen LogP contribution in [0, 0.1) is 0 Å². The van der Waals surface area contributed by atoms with Crippen LogP contribution < -0.4 is 5.32 Å². The van der Waals surface area contributed by atoms with Crippen LogP contribution in [0.1, 0.15) is 30.1 Å². The van der Waals surface area contributed by atoms with Crippen molar-refractivity contribution in [1.82, 2.24) is 14.9 Å². The van der Waals surface area contributed by atoms with Gasteiger partial charge in [0.25, 0.3) is 5.91 Å². The van der Waals surface area contributed by atoms with Gasteiger partial charge in [0.1, 0.15) is 0 Å². The van der Waals surface area contributed by atoms with E-state index >= 15 is 0 Å². The highest BCUT2D eigenvalue weighted by atomic mass is 35.5. The standard InChI is InChI=1S/C13H16ClN3O/c1-2-5-10(14)8-15-13(18)11-9-16-17-7-4-3-6-12(11)17/h3-4,6-7,9-10H,2,5,8H2,1H3,(H,15,18). The third-order valence-electron chi connectivity index (χ3n) is 2.76. The SMILES string of the molecule is CCCC(Cl)CNC(=O)c1cnn2ccccc12. The molecule has 1 N–H and O–H groups in total. The number of rotatable bonds is 5. The summed E-state index contributed by atoms with van der Waals surface area (Å²) in [6.07, 6.45) is 5.30. The Morgan fingerprint density at radius 1 is 1.56 bits per heavy atom. The molecular formula is C13H16ClN3O. The molecule has 1 amide bonds. The van der Waals surface area contributed by atoms with Crippen molar-refractivity contribution in [3.63, 3.8) is 0 Å². The highest BCUT2D eigenvalue weighted by molar-refractivity contribution is 6.21. The summed E-state index contributed by atoms with van der Waals surface area (Å²) in [5, 5.41) is 6.95. The fourth-order valence-corrected chi connectivity index (χ4v) is 2.12. The summed E-state index contributed by atoms with van der Waals surface area (Å²) in [6, 6.07) is 5.62. The van der Waals surface area contributed by atoms with Crippen LogP contribution in [0.15, 0.2) is 30.6 Å². The normalized spacial score (nSPS) is 12.6. The van der Waals surface area contributed by atoms with E-state index in [0.29, 0.717) is 12.1 Å². The van der Waals surface area contributed by atoms with Gasteiger partial charge < -0.3 is 5.32 Å². The number of pyridine rings is 1. The molecule has 0 aliphatic heterocycles. The lowest BCUT2D eigenvalue weighted by molar-refractivity contribution is 0.0955. The molecule has 0 saturated heterocycles. The third kappa shape index (κ3) is 2.82. The second kappa shape index (κ2) is 5.87. The van der Waals surface area contributed by atoms with Crippen LogP contribution >= 0.6 is 11.6 Å². The zero-order valence-corrected chi connectivity index (χ0v) is 11.0. The van der Waals surface area contributed by atoms with E-state index in [1.807, 2.05) is 24.4 Å². The monoisotopic (exact) mass is 265 g/mol. The third-order valence-corrected chi connectivity index (χ3v) is 3.13. The van der Waals surface area contributed by atoms with Gasteiger partial charge in [0.15, 0.2) is 0 Å². The van der Waals surface area contributed by atoms with Gasteiger partial charge in [-0.05, 0) is 18.6 Å². The lowest BCUT2D eigenvalue weighted by Crippen LogP contribution is -2.29. The maximum atomic E-state index is 12.0. The molecule has 0 spiro atoms. The lowest BCUT2D eigenvalue weighted by atomic mass is 10.2. The number of aromatic nitrogens is 2. The van der Waals surface area contributed by atoms with E-state index in [1.54, 1.807) is 10.7 Å². The number of fused-ring (bicyclic) bond motifs is 1. The van der Waals surface area contributed by atoms with Crippen LogP contribution in [-0.2, 0) is 0 Å². The van der Waals surface area contributed by atoms with Crippen molar-refractivity contribution >= 4 is 23.0 Å². The van der Waals surface area contributed by atoms with Gasteiger partial charge >= 0.3 is 0 Å². The summed E-state index contributed by atoms with van der Waals surface area (Å²) < 4.78 is 1.68. The molecule has 0 radical (unpaired) electrons. The van der Waals surface area contributed by atoms with E-state index < -0.39 is 0 Å². The molecule has 0 aliphatic carbocycles. The van der Waals surface area contributed by atoms with Crippen molar-refractivity contribution < 1.29 is 4.79 Å². The number of carbonyl (C=O) groups is 1. The molecule has 4 nitrogen and oxygen atoms in total. The molecule has 1 unspecified atom stereocenters. The fraction of sp³-hybridized carbons (Fsp3) is 0.385. The number of carbonyl (C=O) groups excluding carboxylic acids is 1. The van der Waals surface area contributed by atoms with Gasteiger partial charge in [0, 0.05) is 12.7 Å². The second-order valence-corrected chi connectivity index (χ2v) is 4.80. The van der Waals surface area contributed by atoms with Crippen molar-refractivity contribution in [3.8, 4) is 0 Å². The maximum Gasteiger partial charge on any atom is 0.255 e. The predicted molar refractivity (Wildman–Crippen MR) is 72.1 cm³/mol. The molecule has 2 rings (SSSR count). The topological polar surface area (TPSA) is 46.4 Å². The average molecular weight is 266 g/mol. The average Bonchev–Trinajstić information content (AvgIpc) is 2.80. The number of alkyl halides is 1. The molecule has 0 bridgehead atoms. The maximum absolute atomic E-state index is 12.0. The molecule has 18 heavy (non-hydrogen) atoms. The number of nitrogens with zero attached hydrogens (tertiary/aromatic N) is 2. The van der Waals surface area contributed by atoms with Crippen LogP contribution in [0.25, 0.3) is 5.52 Å². The smallest absolute Gasteiger partial charge is 0.255 e.